The summed E-state index contributed by atoms with van der Waals surface area (Å²) in [6, 6.07) is 125. The van der Waals surface area contributed by atoms with Crippen molar-refractivity contribution in [1.82, 2.24) is 39.9 Å². The zero-order valence-corrected chi connectivity index (χ0v) is 74.1. The van der Waals surface area contributed by atoms with E-state index in [2.05, 4.69) is 288 Å². The number of aromatic nitrogens is 8. The van der Waals surface area contributed by atoms with Crippen molar-refractivity contribution in [2.75, 3.05) is 0 Å². The maximum absolute atomic E-state index is 5.78. The Labute approximate surface area is 749 Å². The number of rotatable bonds is 1. The molecule has 0 aliphatic heterocycles. The van der Waals surface area contributed by atoms with Crippen molar-refractivity contribution in [2.24, 2.45) is 0 Å². The summed E-state index contributed by atoms with van der Waals surface area (Å²) in [6.07, 6.45) is 5.46. The van der Waals surface area contributed by atoms with Gasteiger partial charge in [-0.15, -0.1) is 22.7 Å². The van der Waals surface area contributed by atoms with Crippen LogP contribution in [0, 0.1) is 62.3 Å². The predicted octanol–water partition coefficient (Wildman–Crippen LogP) is 32.1. The third kappa shape index (κ3) is 18.5. The fourth-order valence-electron chi connectivity index (χ4n) is 16.1. The minimum Gasteiger partial charge on any atom is -0.456 e. The molecule has 0 aliphatic carbocycles. The molecule has 13 heteroatoms. The third-order valence-electron chi connectivity index (χ3n) is 22.2. The summed E-state index contributed by atoms with van der Waals surface area (Å²) in [7, 11) is 0. The molecule has 0 saturated heterocycles. The Morgan fingerprint density at radius 3 is 1.35 bits per heavy atom. The van der Waals surface area contributed by atoms with Crippen LogP contribution in [0.5, 0.6) is 0 Å². The topological polar surface area (TPSA) is 143 Å². The van der Waals surface area contributed by atoms with Crippen LogP contribution in [0.4, 0.5) is 0 Å². The number of hydrogen-bond donors (Lipinski definition) is 0. The van der Waals surface area contributed by atoms with Crippen LogP contribution in [0.3, 0.4) is 0 Å². The summed E-state index contributed by atoms with van der Waals surface area (Å²) in [4.78, 5) is 35.2. The summed E-state index contributed by atoms with van der Waals surface area (Å²) >= 11 is 3.75. The summed E-state index contributed by atoms with van der Waals surface area (Å²) in [5, 5.41) is 19.8. The van der Waals surface area contributed by atoms with Crippen molar-refractivity contribution < 1.29 is 13.3 Å². The van der Waals surface area contributed by atoms with E-state index < -0.39 is 0 Å². The van der Waals surface area contributed by atoms with Crippen molar-refractivity contribution in [3.8, 4) is 11.3 Å². The Bertz CT molecular complexity index is 8140. The number of benzene rings is 17. The lowest BCUT2D eigenvalue weighted by Gasteiger charge is -2.08. The SMILES string of the molecule is Cc1ccc2c(c1)oc1ccccc12.Cc1ccc2c(c1)sc1ccccc12.Cc1ccc2oc3ccccc3c2c1.Cc1ccc2sc3ccccc3c2c1.Cc1cccc2c1oc1ccccc12.Cc1cnc2c3ccccc3c3ccccc3c2n1.Cc1cnc2ccccc2n1.Cc1nc(-c2ccccc2)c2ccccc2n1.Cc1ncc2ccccc2n1. The van der Waals surface area contributed by atoms with E-state index in [-0.39, 0.29) is 0 Å². The number of thiophene rings is 2. The van der Waals surface area contributed by atoms with Gasteiger partial charge in [0, 0.05) is 118 Å². The van der Waals surface area contributed by atoms with Crippen LogP contribution in [0.15, 0.2) is 396 Å². The maximum Gasteiger partial charge on any atom is 0.138 e. The molecule has 26 aromatic rings. The first-order valence-corrected chi connectivity index (χ1v) is 44.4. The molecule has 0 radical (unpaired) electrons. The van der Waals surface area contributed by atoms with Gasteiger partial charge in [0.25, 0.3) is 0 Å². The largest absolute Gasteiger partial charge is 0.456 e. The van der Waals surface area contributed by atoms with Crippen LogP contribution >= 0.6 is 22.7 Å². The highest BCUT2D eigenvalue weighted by atomic mass is 32.1. The van der Waals surface area contributed by atoms with E-state index in [0.717, 1.165) is 112 Å². The Balaban J connectivity index is 0.0000000977. The number of hydrogen-bond acceptors (Lipinski definition) is 13. The normalized spacial score (nSPS) is 11.0. The molecule has 9 aromatic heterocycles. The zero-order chi connectivity index (χ0) is 87.6. The first kappa shape index (κ1) is 83.4. The number of aryl methyl sites for hydroxylation is 9. The number of fused-ring (bicyclic) bond motifs is 24. The van der Waals surface area contributed by atoms with Crippen LogP contribution in [0.25, 0.3) is 183 Å². The Morgan fingerprint density at radius 1 is 0.219 bits per heavy atom. The van der Waals surface area contributed by atoms with Gasteiger partial charge in [0.1, 0.15) is 45.1 Å². The second-order valence-electron chi connectivity index (χ2n) is 31.7. The van der Waals surface area contributed by atoms with Gasteiger partial charge < -0.3 is 13.3 Å². The molecule has 9 heterocycles. The third-order valence-corrected chi connectivity index (χ3v) is 24.5. The molecular formula is C115H90N8O3S2. The second-order valence-corrected chi connectivity index (χ2v) is 33.9. The first-order valence-electron chi connectivity index (χ1n) is 42.7. The summed E-state index contributed by atoms with van der Waals surface area (Å²) in [5.74, 6) is 1.63. The van der Waals surface area contributed by atoms with Crippen LogP contribution < -0.4 is 0 Å². The lowest BCUT2D eigenvalue weighted by molar-refractivity contribution is 0.665. The second kappa shape index (κ2) is 37.9. The molecule has 0 unspecified atom stereocenters. The zero-order valence-electron chi connectivity index (χ0n) is 72.5. The minimum absolute atomic E-state index is 0.808. The van der Waals surface area contributed by atoms with Gasteiger partial charge in [-0.3, -0.25) is 9.97 Å². The quantitative estimate of drug-likeness (QED) is 0.145. The molecule has 0 amide bonds. The Hall–Kier alpha value is -15.5. The molecule has 128 heavy (non-hydrogen) atoms. The monoisotopic (exact) mass is 1690 g/mol. The maximum atomic E-state index is 5.78. The minimum atomic E-state index is 0.808. The molecule has 26 rings (SSSR count). The lowest BCUT2D eigenvalue weighted by Crippen LogP contribution is -1.93. The predicted molar refractivity (Wildman–Crippen MR) is 541 cm³/mol. The number of para-hydroxylation sites is 8. The van der Waals surface area contributed by atoms with Gasteiger partial charge in [-0.1, -0.05) is 284 Å². The highest BCUT2D eigenvalue weighted by molar-refractivity contribution is 7.26. The van der Waals surface area contributed by atoms with Crippen molar-refractivity contribution in [2.45, 2.75) is 62.3 Å². The molecule has 0 N–H and O–H groups in total. The molecule has 0 aliphatic rings. The average molecular weight is 1700 g/mol. The van der Waals surface area contributed by atoms with Crippen LogP contribution in [-0.4, -0.2) is 39.9 Å². The lowest BCUT2D eigenvalue weighted by atomic mass is 9.99. The van der Waals surface area contributed by atoms with Gasteiger partial charge in [-0.25, -0.2) is 29.9 Å². The van der Waals surface area contributed by atoms with E-state index in [1.165, 1.54) is 122 Å². The van der Waals surface area contributed by atoms with Gasteiger partial charge in [0.15, 0.2) is 0 Å². The first-order chi connectivity index (χ1) is 62.6. The van der Waals surface area contributed by atoms with Crippen molar-refractivity contribution in [3.05, 3.63) is 433 Å². The number of furan rings is 3. The molecular weight excluding hydrogens is 1610 g/mol. The smallest absolute Gasteiger partial charge is 0.138 e. The molecule has 0 saturated carbocycles. The molecule has 0 atom stereocenters. The van der Waals surface area contributed by atoms with Crippen molar-refractivity contribution >= 4 is 194 Å². The number of nitrogens with zero attached hydrogens (tertiary/aromatic N) is 8. The standard InChI is InChI=1S/C17H12N2.C15H12N2.3C13H10O.2C13H10S.2C9H8N2/c1-11-10-18-16-14-8-4-2-6-12(14)13-7-3-5-9-15(13)17(16)19-11;1-11-16-14-10-6-5-9-13(14)15(17-11)12-7-3-2-4-8-12;1-9-5-4-7-11-10-6-2-3-8-12(10)14-13(9)11;1-9-6-7-13-11(8-9)10-4-2-3-5-12(10)14-13;1-9-6-7-11-10-4-2-3-5-12(10)14-13(11)8-9;1-9-6-7-13-11(8-9)10-4-2-3-5-12(10)14-13;1-9-6-7-11-10-4-2-3-5-12(10)14-13(11)8-9;1-7-10-6-8-4-2-3-5-9(8)11-7;1-7-6-10-8-4-2-3-5-9(8)11-7/h2-10H,1H3;2-10H,1H3;5*2-8H,1H3;2*2-6H,1H3. The molecule has 0 spiro atoms. The van der Waals surface area contributed by atoms with E-state index in [1.54, 1.807) is 6.20 Å². The van der Waals surface area contributed by atoms with E-state index in [9.17, 15) is 0 Å². The van der Waals surface area contributed by atoms with E-state index >= 15 is 0 Å². The molecule has 11 nitrogen and oxygen atoms in total. The van der Waals surface area contributed by atoms with Crippen LogP contribution in [-0.2, 0) is 0 Å². The molecule has 17 aromatic carbocycles. The highest BCUT2D eigenvalue weighted by Gasteiger charge is 2.14. The van der Waals surface area contributed by atoms with Gasteiger partial charge in [0.05, 0.1) is 50.2 Å². The van der Waals surface area contributed by atoms with Crippen LogP contribution in [0.1, 0.15) is 50.9 Å². The Morgan fingerprint density at radius 2 is 0.656 bits per heavy atom. The van der Waals surface area contributed by atoms with E-state index in [0.29, 0.717) is 0 Å². The van der Waals surface area contributed by atoms with Gasteiger partial charge >= 0.3 is 0 Å². The molecule has 0 fully saturated rings. The fraction of sp³-hybridized carbons (Fsp3) is 0.0783. The van der Waals surface area contributed by atoms with Gasteiger partial charge in [0.2, 0.25) is 0 Å². The van der Waals surface area contributed by atoms with E-state index in [4.69, 9.17) is 18.2 Å². The van der Waals surface area contributed by atoms with Gasteiger partial charge in [-0.2, -0.15) is 0 Å². The highest BCUT2D eigenvalue weighted by Crippen LogP contribution is 2.39. The fourth-order valence-corrected chi connectivity index (χ4v) is 18.4. The van der Waals surface area contributed by atoms with Crippen molar-refractivity contribution in [3.63, 3.8) is 0 Å². The summed E-state index contributed by atoms with van der Waals surface area (Å²) in [6.45, 7) is 18.3. The summed E-state index contributed by atoms with van der Waals surface area (Å²) in [5.41, 5.74) is 22.2. The van der Waals surface area contributed by atoms with Crippen LogP contribution in [0.2, 0.25) is 0 Å². The van der Waals surface area contributed by atoms with E-state index in [1.807, 2.05) is 208 Å². The summed E-state index contributed by atoms with van der Waals surface area (Å²) < 4.78 is 22.8. The molecule has 0 bridgehead atoms. The van der Waals surface area contributed by atoms with Gasteiger partial charge in [-0.05, 0) is 181 Å². The van der Waals surface area contributed by atoms with Crippen molar-refractivity contribution in [1.29, 1.82) is 0 Å². The molecule has 620 valence electrons. The Kier molecular flexibility index (Phi) is 24.7. The average Bonchev–Trinajstić information content (AvgIpc) is 1.08.